The maximum Gasteiger partial charge on any atom is 0.257 e. The van der Waals surface area contributed by atoms with Crippen LogP contribution in [0.1, 0.15) is 13.8 Å². The van der Waals surface area contributed by atoms with Crippen molar-refractivity contribution in [2.75, 3.05) is 13.2 Å². The fraction of sp³-hybridized carbons (Fsp3) is 0.417. The van der Waals surface area contributed by atoms with E-state index >= 15 is 0 Å². The Balaban J connectivity index is 2.31. The van der Waals surface area contributed by atoms with E-state index < -0.39 is 0 Å². The highest BCUT2D eigenvalue weighted by Gasteiger charge is 2.03. The third-order valence-electron chi connectivity index (χ3n) is 1.87. The summed E-state index contributed by atoms with van der Waals surface area (Å²) >= 11 is 5.78. The summed E-state index contributed by atoms with van der Waals surface area (Å²) in [5.74, 6) is 0.927. The van der Waals surface area contributed by atoms with Gasteiger partial charge in [0.1, 0.15) is 5.75 Å². The summed E-state index contributed by atoms with van der Waals surface area (Å²) in [6.07, 6.45) is 0. The molecule has 0 spiro atoms. The summed E-state index contributed by atoms with van der Waals surface area (Å²) in [5, 5.41) is 3.37. The second kappa shape index (κ2) is 6.38. The minimum atomic E-state index is -0.117. The zero-order valence-corrected chi connectivity index (χ0v) is 10.3. The van der Waals surface area contributed by atoms with Gasteiger partial charge in [-0.15, -0.1) is 0 Å². The van der Waals surface area contributed by atoms with Gasteiger partial charge in [-0.25, -0.2) is 0 Å². The molecule has 0 radical (unpaired) electrons. The number of halogens is 1. The van der Waals surface area contributed by atoms with E-state index in [9.17, 15) is 4.79 Å². The van der Waals surface area contributed by atoms with Crippen LogP contribution in [-0.4, -0.2) is 19.1 Å². The molecular weight excluding hydrogens is 226 g/mol. The van der Waals surface area contributed by atoms with Crippen molar-refractivity contribution in [1.82, 2.24) is 5.32 Å². The second-order valence-electron chi connectivity index (χ2n) is 3.94. The highest BCUT2D eigenvalue weighted by molar-refractivity contribution is 6.30. The van der Waals surface area contributed by atoms with E-state index in [-0.39, 0.29) is 12.5 Å². The van der Waals surface area contributed by atoms with Gasteiger partial charge in [-0.05, 0) is 24.1 Å². The number of benzene rings is 1. The predicted molar refractivity (Wildman–Crippen MR) is 64.8 cm³/mol. The van der Waals surface area contributed by atoms with Gasteiger partial charge in [-0.3, -0.25) is 4.79 Å². The molecule has 0 aromatic heterocycles. The molecule has 0 atom stereocenters. The Labute approximate surface area is 101 Å². The zero-order valence-electron chi connectivity index (χ0n) is 9.50. The van der Waals surface area contributed by atoms with Gasteiger partial charge in [0.15, 0.2) is 6.61 Å². The summed E-state index contributed by atoms with van der Waals surface area (Å²) < 4.78 is 5.28. The first-order chi connectivity index (χ1) is 7.58. The van der Waals surface area contributed by atoms with Crippen LogP contribution in [0.2, 0.25) is 5.02 Å². The maximum atomic E-state index is 11.3. The van der Waals surface area contributed by atoms with Gasteiger partial charge < -0.3 is 10.1 Å². The first kappa shape index (κ1) is 12.8. The first-order valence-corrected chi connectivity index (χ1v) is 5.61. The van der Waals surface area contributed by atoms with Crippen LogP contribution in [0, 0.1) is 5.92 Å². The van der Waals surface area contributed by atoms with Crippen LogP contribution >= 0.6 is 11.6 Å². The normalized spacial score (nSPS) is 10.2. The molecule has 0 bridgehead atoms. The maximum absolute atomic E-state index is 11.3. The van der Waals surface area contributed by atoms with Crippen molar-refractivity contribution in [1.29, 1.82) is 0 Å². The second-order valence-corrected chi connectivity index (χ2v) is 4.38. The number of carbonyl (C=O) groups excluding carboxylic acids is 1. The number of nitrogens with one attached hydrogen (secondary N) is 1. The van der Waals surface area contributed by atoms with Gasteiger partial charge in [-0.1, -0.05) is 31.5 Å². The van der Waals surface area contributed by atoms with Crippen molar-refractivity contribution in [3.8, 4) is 5.75 Å². The van der Waals surface area contributed by atoms with Crippen molar-refractivity contribution in [2.45, 2.75) is 13.8 Å². The van der Waals surface area contributed by atoms with Gasteiger partial charge in [-0.2, -0.15) is 0 Å². The summed E-state index contributed by atoms with van der Waals surface area (Å²) in [5.41, 5.74) is 0. The smallest absolute Gasteiger partial charge is 0.257 e. The number of hydrogen-bond acceptors (Lipinski definition) is 2. The van der Waals surface area contributed by atoms with Crippen LogP contribution in [0.3, 0.4) is 0 Å². The number of ether oxygens (including phenoxy) is 1. The Bertz CT molecular complexity index is 353. The SMILES string of the molecule is CC(C)CNC(=O)COc1cccc(Cl)c1. The van der Waals surface area contributed by atoms with Crippen LogP contribution in [0.15, 0.2) is 24.3 Å². The van der Waals surface area contributed by atoms with E-state index in [0.717, 1.165) is 0 Å². The Hall–Kier alpha value is -1.22. The summed E-state index contributed by atoms with van der Waals surface area (Å²) in [6.45, 7) is 4.76. The molecule has 1 amide bonds. The third-order valence-corrected chi connectivity index (χ3v) is 2.11. The lowest BCUT2D eigenvalue weighted by Gasteiger charge is -2.09. The molecule has 0 saturated heterocycles. The van der Waals surface area contributed by atoms with Gasteiger partial charge in [0, 0.05) is 11.6 Å². The summed E-state index contributed by atoms with van der Waals surface area (Å²) in [7, 11) is 0. The molecule has 1 aromatic rings. The molecule has 3 nitrogen and oxygen atoms in total. The third kappa shape index (κ3) is 5.03. The quantitative estimate of drug-likeness (QED) is 0.860. The molecule has 1 rings (SSSR count). The van der Waals surface area contributed by atoms with Gasteiger partial charge >= 0.3 is 0 Å². The van der Waals surface area contributed by atoms with E-state index in [1.807, 2.05) is 13.8 Å². The minimum Gasteiger partial charge on any atom is -0.484 e. The van der Waals surface area contributed by atoms with Gasteiger partial charge in [0.2, 0.25) is 0 Å². The van der Waals surface area contributed by atoms with Gasteiger partial charge in [0.25, 0.3) is 5.91 Å². The lowest BCUT2D eigenvalue weighted by atomic mass is 10.2. The molecule has 0 unspecified atom stereocenters. The average molecular weight is 242 g/mol. The molecule has 0 fully saturated rings. The van der Waals surface area contributed by atoms with Crippen molar-refractivity contribution in [2.24, 2.45) is 5.92 Å². The molecule has 4 heteroatoms. The van der Waals surface area contributed by atoms with E-state index in [4.69, 9.17) is 16.3 Å². The zero-order chi connectivity index (χ0) is 12.0. The fourth-order valence-electron chi connectivity index (χ4n) is 1.07. The van der Waals surface area contributed by atoms with Crippen LogP contribution in [0.4, 0.5) is 0 Å². The van der Waals surface area contributed by atoms with E-state index in [2.05, 4.69) is 5.32 Å². The monoisotopic (exact) mass is 241 g/mol. The van der Waals surface area contributed by atoms with Crippen molar-refractivity contribution < 1.29 is 9.53 Å². The largest absolute Gasteiger partial charge is 0.484 e. The van der Waals surface area contributed by atoms with Crippen molar-refractivity contribution in [3.05, 3.63) is 29.3 Å². The van der Waals surface area contributed by atoms with E-state index in [0.29, 0.717) is 23.2 Å². The Kier molecular flexibility index (Phi) is 5.12. The summed E-state index contributed by atoms with van der Waals surface area (Å²) in [4.78, 5) is 11.3. The Morgan fingerprint density at radius 2 is 2.25 bits per heavy atom. The topological polar surface area (TPSA) is 38.3 Å². The van der Waals surface area contributed by atoms with Crippen molar-refractivity contribution >= 4 is 17.5 Å². The molecule has 0 aliphatic carbocycles. The first-order valence-electron chi connectivity index (χ1n) is 5.23. The molecular formula is C12H16ClNO2. The van der Waals surface area contributed by atoms with Crippen LogP contribution in [0.5, 0.6) is 5.75 Å². The number of carbonyl (C=O) groups is 1. The molecule has 1 aromatic carbocycles. The Morgan fingerprint density at radius 3 is 2.88 bits per heavy atom. The number of amides is 1. The lowest BCUT2D eigenvalue weighted by molar-refractivity contribution is -0.123. The molecule has 1 N–H and O–H groups in total. The number of rotatable bonds is 5. The summed E-state index contributed by atoms with van der Waals surface area (Å²) in [6, 6.07) is 6.98. The lowest BCUT2D eigenvalue weighted by Crippen LogP contribution is -2.31. The Morgan fingerprint density at radius 1 is 1.50 bits per heavy atom. The van der Waals surface area contributed by atoms with Crippen LogP contribution < -0.4 is 10.1 Å². The van der Waals surface area contributed by atoms with Gasteiger partial charge in [0.05, 0.1) is 0 Å². The van der Waals surface area contributed by atoms with Crippen LogP contribution in [-0.2, 0) is 4.79 Å². The van der Waals surface area contributed by atoms with Crippen molar-refractivity contribution in [3.63, 3.8) is 0 Å². The van der Waals surface area contributed by atoms with Crippen LogP contribution in [0.25, 0.3) is 0 Å². The van der Waals surface area contributed by atoms with E-state index in [1.54, 1.807) is 24.3 Å². The molecule has 16 heavy (non-hydrogen) atoms. The minimum absolute atomic E-state index is 0.0209. The predicted octanol–water partition coefficient (Wildman–Crippen LogP) is 2.49. The molecule has 0 heterocycles. The average Bonchev–Trinajstić information content (AvgIpc) is 2.23. The molecule has 88 valence electrons. The highest BCUT2D eigenvalue weighted by Crippen LogP contribution is 2.16. The molecule has 0 aliphatic rings. The fourth-order valence-corrected chi connectivity index (χ4v) is 1.25. The van der Waals surface area contributed by atoms with E-state index in [1.165, 1.54) is 0 Å². The molecule has 0 saturated carbocycles. The highest BCUT2D eigenvalue weighted by atomic mass is 35.5. The number of hydrogen-bond donors (Lipinski definition) is 1. The molecule has 0 aliphatic heterocycles. The standard InChI is InChI=1S/C12H16ClNO2/c1-9(2)7-14-12(15)8-16-11-5-3-4-10(13)6-11/h3-6,9H,7-8H2,1-2H3,(H,14,15).